The van der Waals surface area contributed by atoms with Crippen LogP contribution in [0, 0.1) is 17.0 Å². The highest BCUT2D eigenvalue weighted by Crippen LogP contribution is 2.26. The molecule has 1 aromatic carbocycles. The quantitative estimate of drug-likeness (QED) is 0.490. The molecule has 0 amide bonds. The van der Waals surface area contributed by atoms with Gasteiger partial charge in [0.15, 0.2) is 0 Å². The van der Waals surface area contributed by atoms with E-state index in [9.17, 15) is 14.9 Å². The Morgan fingerprint density at radius 2 is 2.18 bits per heavy atom. The number of benzene rings is 1. The van der Waals surface area contributed by atoms with Crippen molar-refractivity contribution in [2.75, 3.05) is 7.11 Å². The van der Waals surface area contributed by atoms with E-state index in [1.54, 1.807) is 13.0 Å². The highest BCUT2D eigenvalue weighted by Gasteiger charge is 2.18. The van der Waals surface area contributed by atoms with Gasteiger partial charge in [0.1, 0.15) is 0 Å². The van der Waals surface area contributed by atoms with E-state index < -0.39 is 10.9 Å². The molecule has 2 rings (SSSR count). The first-order chi connectivity index (χ1) is 8.04. The zero-order valence-electron chi connectivity index (χ0n) is 9.31. The lowest BCUT2D eigenvalue weighted by Crippen LogP contribution is -2.02. The number of aromatic nitrogens is 1. The average molecular weight is 234 g/mol. The van der Waals surface area contributed by atoms with Crippen molar-refractivity contribution in [1.29, 1.82) is 0 Å². The van der Waals surface area contributed by atoms with Crippen LogP contribution in [0.2, 0.25) is 0 Å². The Bertz CT molecular complexity index is 615. The number of H-pyrrole nitrogens is 1. The molecule has 6 nitrogen and oxygen atoms in total. The summed E-state index contributed by atoms with van der Waals surface area (Å²) in [4.78, 5) is 24.7. The molecule has 0 atom stereocenters. The highest BCUT2D eigenvalue weighted by atomic mass is 16.6. The van der Waals surface area contributed by atoms with Crippen LogP contribution >= 0.6 is 0 Å². The molecule has 1 heterocycles. The van der Waals surface area contributed by atoms with E-state index in [2.05, 4.69) is 9.72 Å². The minimum atomic E-state index is -0.505. The number of methoxy groups -OCH3 is 1. The lowest BCUT2D eigenvalue weighted by molar-refractivity contribution is -0.384. The molecule has 0 radical (unpaired) electrons. The van der Waals surface area contributed by atoms with Crippen LogP contribution in [0.3, 0.4) is 0 Å². The summed E-state index contributed by atoms with van der Waals surface area (Å²) in [6.45, 7) is 1.72. The molecule has 0 aliphatic heterocycles. The standard InChI is InChI=1S/C11H10N2O4/c1-6-10(11(14)17-2)8-5-7(13(15)16)3-4-9(8)12-6/h3-5,12H,1-2H3. The molecule has 0 spiro atoms. The van der Waals surface area contributed by atoms with Gasteiger partial charge in [-0.1, -0.05) is 0 Å². The molecule has 0 unspecified atom stereocenters. The van der Waals surface area contributed by atoms with Crippen LogP contribution in [-0.4, -0.2) is 23.0 Å². The van der Waals surface area contributed by atoms with Crippen molar-refractivity contribution in [2.24, 2.45) is 0 Å². The van der Waals surface area contributed by atoms with E-state index >= 15 is 0 Å². The number of hydrogen-bond acceptors (Lipinski definition) is 4. The Hall–Kier alpha value is -2.37. The summed E-state index contributed by atoms with van der Waals surface area (Å²) >= 11 is 0. The van der Waals surface area contributed by atoms with Crippen LogP contribution in [0.1, 0.15) is 16.1 Å². The summed E-state index contributed by atoms with van der Waals surface area (Å²) in [5.41, 5.74) is 1.59. The number of non-ortho nitro benzene ring substituents is 1. The van der Waals surface area contributed by atoms with Crippen molar-refractivity contribution in [1.82, 2.24) is 4.98 Å². The van der Waals surface area contributed by atoms with Gasteiger partial charge >= 0.3 is 5.97 Å². The molecule has 0 aliphatic rings. The molecule has 2 aromatic rings. The average Bonchev–Trinajstić information content (AvgIpc) is 2.62. The Kier molecular flexibility index (Phi) is 2.55. The summed E-state index contributed by atoms with van der Waals surface area (Å²) in [5, 5.41) is 11.2. The van der Waals surface area contributed by atoms with Crippen LogP contribution in [0.4, 0.5) is 5.69 Å². The maximum atomic E-state index is 11.6. The Morgan fingerprint density at radius 3 is 2.76 bits per heavy atom. The van der Waals surface area contributed by atoms with Gasteiger partial charge in [-0.05, 0) is 13.0 Å². The van der Waals surface area contributed by atoms with Crippen LogP contribution in [0.5, 0.6) is 0 Å². The second-order valence-corrected chi connectivity index (χ2v) is 3.60. The van der Waals surface area contributed by atoms with Crippen LogP contribution in [0.15, 0.2) is 18.2 Å². The molecule has 17 heavy (non-hydrogen) atoms. The fourth-order valence-electron chi connectivity index (χ4n) is 1.79. The third kappa shape index (κ3) is 1.73. The molecule has 0 aliphatic carbocycles. The molecule has 0 saturated carbocycles. The molecule has 0 bridgehead atoms. The minimum Gasteiger partial charge on any atom is -0.465 e. The third-order valence-corrected chi connectivity index (χ3v) is 2.57. The molecule has 1 N–H and O–H groups in total. The fourth-order valence-corrected chi connectivity index (χ4v) is 1.79. The zero-order chi connectivity index (χ0) is 12.6. The van der Waals surface area contributed by atoms with Crippen molar-refractivity contribution in [3.05, 3.63) is 39.6 Å². The summed E-state index contributed by atoms with van der Waals surface area (Å²) in [5.74, 6) is -0.505. The number of nitrogens with zero attached hydrogens (tertiary/aromatic N) is 1. The monoisotopic (exact) mass is 234 g/mol. The molecule has 88 valence electrons. The second kappa shape index (κ2) is 3.89. The van der Waals surface area contributed by atoms with E-state index in [0.717, 1.165) is 0 Å². The fraction of sp³-hybridized carbons (Fsp3) is 0.182. The first-order valence-corrected chi connectivity index (χ1v) is 4.89. The van der Waals surface area contributed by atoms with Gasteiger partial charge in [-0.25, -0.2) is 4.79 Å². The summed E-state index contributed by atoms with van der Waals surface area (Å²) in [6.07, 6.45) is 0. The molecule has 6 heteroatoms. The van der Waals surface area contributed by atoms with Gasteiger partial charge in [-0.3, -0.25) is 10.1 Å². The van der Waals surface area contributed by atoms with E-state index in [1.807, 2.05) is 0 Å². The number of aromatic amines is 1. The van der Waals surface area contributed by atoms with Gasteiger partial charge in [0.25, 0.3) is 5.69 Å². The predicted octanol–water partition coefficient (Wildman–Crippen LogP) is 2.17. The number of nitrogens with one attached hydrogen (secondary N) is 1. The number of carbonyl (C=O) groups is 1. The number of esters is 1. The largest absolute Gasteiger partial charge is 0.465 e. The van der Waals surface area contributed by atoms with Gasteiger partial charge < -0.3 is 9.72 Å². The van der Waals surface area contributed by atoms with Crippen molar-refractivity contribution in [3.63, 3.8) is 0 Å². The van der Waals surface area contributed by atoms with Crippen LogP contribution < -0.4 is 0 Å². The number of carbonyl (C=O) groups excluding carboxylic acids is 1. The maximum Gasteiger partial charge on any atom is 0.340 e. The minimum absolute atomic E-state index is 0.0540. The number of aryl methyl sites for hydroxylation is 1. The molecule has 0 saturated heterocycles. The van der Waals surface area contributed by atoms with Crippen molar-refractivity contribution >= 4 is 22.6 Å². The summed E-state index contributed by atoms with van der Waals surface area (Å²) in [7, 11) is 1.28. The summed E-state index contributed by atoms with van der Waals surface area (Å²) < 4.78 is 4.66. The van der Waals surface area contributed by atoms with Gasteiger partial charge in [-0.15, -0.1) is 0 Å². The van der Waals surface area contributed by atoms with E-state index in [0.29, 0.717) is 22.2 Å². The van der Waals surface area contributed by atoms with E-state index in [4.69, 9.17) is 0 Å². The number of nitro benzene ring substituents is 1. The second-order valence-electron chi connectivity index (χ2n) is 3.60. The molecule has 1 aromatic heterocycles. The predicted molar refractivity (Wildman–Crippen MR) is 61.0 cm³/mol. The molecular weight excluding hydrogens is 224 g/mol. The topological polar surface area (TPSA) is 85.2 Å². The van der Waals surface area contributed by atoms with Gasteiger partial charge in [0.2, 0.25) is 0 Å². The molecule has 0 fully saturated rings. The SMILES string of the molecule is COC(=O)c1c(C)[nH]c2ccc([N+](=O)[O-])cc12. The molecular formula is C11H10N2O4. The normalized spacial score (nSPS) is 10.5. The van der Waals surface area contributed by atoms with E-state index in [1.165, 1.54) is 19.2 Å². The first kappa shape index (κ1) is 11.1. The number of hydrogen-bond donors (Lipinski definition) is 1. The maximum absolute atomic E-state index is 11.6. The van der Waals surface area contributed by atoms with Gasteiger partial charge in [-0.2, -0.15) is 0 Å². The Morgan fingerprint density at radius 1 is 1.47 bits per heavy atom. The lowest BCUT2D eigenvalue weighted by atomic mass is 10.1. The van der Waals surface area contributed by atoms with Gasteiger partial charge in [0, 0.05) is 28.7 Å². The summed E-state index contributed by atoms with van der Waals surface area (Å²) in [6, 6.07) is 4.33. The Balaban J connectivity index is 2.73. The third-order valence-electron chi connectivity index (χ3n) is 2.57. The van der Waals surface area contributed by atoms with Gasteiger partial charge in [0.05, 0.1) is 17.6 Å². The first-order valence-electron chi connectivity index (χ1n) is 4.89. The van der Waals surface area contributed by atoms with Crippen LogP contribution in [-0.2, 0) is 4.74 Å². The zero-order valence-corrected chi connectivity index (χ0v) is 9.31. The number of fused-ring (bicyclic) bond motifs is 1. The van der Waals surface area contributed by atoms with Crippen molar-refractivity contribution in [2.45, 2.75) is 6.92 Å². The van der Waals surface area contributed by atoms with Crippen LogP contribution in [0.25, 0.3) is 10.9 Å². The van der Waals surface area contributed by atoms with Crippen molar-refractivity contribution < 1.29 is 14.5 Å². The van der Waals surface area contributed by atoms with Crippen molar-refractivity contribution in [3.8, 4) is 0 Å². The number of nitro groups is 1. The number of ether oxygens (including phenoxy) is 1. The Labute approximate surface area is 96.3 Å². The highest BCUT2D eigenvalue weighted by molar-refractivity contribution is 6.06. The smallest absolute Gasteiger partial charge is 0.340 e. The lowest BCUT2D eigenvalue weighted by Gasteiger charge is -1.98. The number of rotatable bonds is 2. The van der Waals surface area contributed by atoms with E-state index in [-0.39, 0.29) is 5.69 Å².